The second-order valence-corrected chi connectivity index (χ2v) is 5.36. The Morgan fingerprint density at radius 3 is 2.64 bits per heavy atom. The van der Waals surface area contributed by atoms with Crippen molar-refractivity contribution in [3.8, 4) is 0 Å². The van der Waals surface area contributed by atoms with Gasteiger partial charge in [-0.15, -0.1) is 0 Å². The molecule has 114 valence electrons. The number of amides is 1. The van der Waals surface area contributed by atoms with Crippen LogP contribution in [0.5, 0.6) is 0 Å². The van der Waals surface area contributed by atoms with E-state index in [0.29, 0.717) is 12.1 Å². The average molecular weight is 296 g/mol. The fraction of sp³-hybridized carbons (Fsp3) is 0.353. The van der Waals surface area contributed by atoms with Crippen LogP contribution in [0.2, 0.25) is 0 Å². The molecule has 3 heterocycles. The summed E-state index contributed by atoms with van der Waals surface area (Å²) in [6.07, 6.45) is 7.51. The Morgan fingerprint density at radius 2 is 2.05 bits per heavy atom. The lowest BCUT2D eigenvalue weighted by Crippen LogP contribution is -2.31. The van der Waals surface area contributed by atoms with Crippen molar-refractivity contribution >= 4 is 17.4 Å². The van der Waals surface area contributed by atoms with E-state index in [0.717, 1.165) is 24.6 Å². The predicted octanol–water partition coefficient (Wildman–Crippen LogP) is 2.74. The summed E-state index contributed by atoms with van der Waals surface area (Å²) in [4.78, 5) is 25.2. The second-order valence-electron chi connectivity index (χ2n) is 5.36. The molecule has 0 aliphatic carbocycles. The van der Waals surface area contributed by atoms with Crippen molar-refractivity contribution in [2.75, 3.05) is 29.4 Å². The standard InChI is InChI=1S/C17H20N4O/c1-2-21(15-6-5-9-18-13-15)17(22)14-7-8-16(19-12-14)20-10-3-4-11-20/h5-9,12-13H,2-4,10-11H2,1H3. The van der Waals surface area contributed by atoms with Crippen LogP contribution < -0.4 is 9.80 Å². The minimum atomic E-state index is -0.0454. The van der Waals surface area contributed by atoms with Crippen LogP contribution in [-0.4, -0.2) is 35.5 Å². The Hall–Kier alpha value is -2.43. The van der Waals surface area contributed by atoms with Crippen LogP contribution in [0.3, 0.4) is 0 Å². The maximum absolute atomic E-state index is 12.7. The van der Waals surface area contributed by atoms with Crippen molar-refractivity contribution in [1.29, 1.82) is 0 Å². The summed E-state index contributed by atoms with van der Waals surface area (Å²) >= 11 is 0. The first-order valence-electron chi connectivity index (χ1n) is 7.72. The van der Waals surface area contributed by atoms with Crippen LogP contribution in [0, 0.1) is 0 Å². The van der Waals surface area contributed by atoms with Gasteiger partial charge < -0.3 is 9.80 Å². The van der Waals surface area contributed by atoms with Crippen molar-refractivity contribution in [2.45, 2.75) is 19.8 Å². The minimum absolute atomic E-state index is 0.0454. The highest BCUT2D eigenvalue weighted by Gasteiger charge is 2.18. The number of carbonyl (C=O) groups is 1. The molecule has 1 aliphatic heterocycles. The molecule has 0 N–H and O–H groups in total. The highest BCUT2D eigenvalue weighted by molar-refractivity contribution is 6.05. The van der Waals surface area contributed by atoms with E-state index in [-0.39, 0.29) is 5.91 Å². The highest BCUT2D eigenvalue weighted by Crippen LogP contribution is 2.19. The van der Waals surface area contributed by atoms with Crippen LogP contribution in [0.25, 0.3) is 0 Å². The van der Waals surface area contributed by atoms with E-state index in [1.807, 2.05) is 31.2 Å². The average Bonchev–Trinajstić information content (AvgIpc) is 3.11. The Morgan fingerprint density at radius 1 is 1.23 bits per heavy atom. The molecule has 0 radical (unpaired) electrons. The van der Waals surface area contributed by atoms with Gasteiger partial charge in [0.15, 0.2) is 0 Å². The van der Waals surface area contributed by atoms with Gasteiger partial charge in [-0.3, -0.25) is 9.78 Å². The van der Waals surface area contributed by atoms with Crippen LogP contribution in [0.1, 0.15) is 30.1 Å². The fourth-order valence-corrected chi connectivity index (χ4v) is 2.76. The maximum Gasteiger partial charge on any atom is 0.259 e. The molecule has 1 fully saturated rings. The summed E-state index contributed by atoms with van der Waals surface area (Å²) in [7, 11) is 0. The molecule has 0 spiro atoms. The highest BCUT2D eigenvalue weighted by atomic mass is 16.2. The summed E-state index contributed by atoms with van der Waals surface area (Å²) in [5.74, 6) is 0.912. The minimum Gasteiger partial charge on any atom is -0.357 e. The maximum atomic E-state index is 12.7. The Balaban J connectivity index is 1.79. The van der Waals surface area contributed by atoms with Crippen LogP contribution >= 0.6 is 0 Å². The fourth-order valence-electron chi connectivity index (χ4n) is 2.76. The summed E-state index contributed by atoms with van der Waals surface area (Å²) in [5, 5.41) is 0. The molecule has 2 aromatic rings. The normalized spacial score (nSPS) is 14.1. The molecule has 0 saturated carbocycles. The summed E-state index contributed by atoms with van der Waals surface area (Å²) in [6, 6.07) is 7.53. The molecule has 0 unspecified atom stereocenters. The number of hydrogen-bond acceptors (Lipinski definition) is 4. The topological polar surface area (TPSA) is 49.3 Å². The summed E-state index contributed by atoms with van der Waals surface area (Å²) < 4.78 is 0. The van der Waals surface area contributed by atoms with Gasteiger partial charge in [-0.1, -0.05) is 0 Å². The Kier molecular flexibility index (Phi) is 4.32. The Bertz CT molecular complexity index is 621. The van der Waals surface area contributed by atoms with Gasteiger partial charge in [0.1, 0.15) is 5.82 Å². The van der Waals surface area contributed by atoms with Crippen LogP contribution in [0.15, 0.2) is 42.9 Å². The summed E-state index contributed by atoms with van der Waals surface area (Å²) in [6.45, 7) is 4.66. The first-order chi connectivity index (χ1) is 10.8. The van der Waals surface area contributed by atoms with E-state index in [4.69, 9.17) is 0 Å². The molecule has 5 nitrogen and oxygen atoms in total. The van der Waals surface area contributed by atoms with E-state index >= 15 is 0 Å². The number of anilines is 2. The van der Waals surface area contributed by atoms with E-state index in [1.165, 1.54) is 12.8 Å². The number of nitrogens with zero attached hydrogens (tertiary/aromatic N) is 4. The molecule has 0 bridgehead atoms. The Labute approximate surface area is 130 Å². The quantitative estimate of drug-likeness (QED) is 0.870. The largest absolute Gasteiger partial charge is 0.357 e. The number of carbonyl (C=O) groups excluding carboxylic acids is 1. The molecule has 1 aliphatic rings. The zero-order chi connectivity index (χ0) is 15.4. The third kappa shape index (κ3) is 2.93. The number of hydrogen-bond donors (Lipinski definition) is 0. The molecular weight excluding hydrogens is 276 g/mol. The summed E-state index contributed by atoms with van der Waals surface area (Å²) in [5.41, 5.74) is 1.41. The molecule has 1 saturated heterocycles. The molecule has 5 heteroatoms. The SMILES string of the molecule is CCN(C(=O)c1ccc(N2CCCC2)nc1)c1cccnc1. The van der Waals surface area contributed by atoms with Gasteiger partial charge in [0, 0.05) is 32.0 Å². The van der Waals surface area contributed by atoms with Gasteiger partial charge in [0.25, 0.3) is 5.91 Å². The van der Waals surface area contributed by atoms with E-state index in [9.17, 15) is 4.79 Å². The third-order valence-corrected chi connectivity index (χ3v) is 3.94. The predicted molar refractivity (Wildman–Crippen MR) is 87.3 cm³/mol. The lowest BCUT2D eigenvalue weighted by atomic mass is 10.2. The van der Waals surface area contributed by atoms with Gasteiger partial charge in [-0.2, -0.15) is 0 Å². The van der Waals surface area contributed by atoms with E-state index < -0.39 is 0 Å². The molecule has 0 aromatic carbocycles. The number of aromatic nitrogens is 2. The monoisotopic (exact) mass is 296 g/mol. The van der Waals surface area contributed by atoms with Gasteiger partial charge in [0.05, 0.1) is 17.4 Å². The first kappa shape index (κ1) is 14.5. The van der Waals surface area contributed by atoms with Crippen molar-refractivity contribution in [2.24, 2.45) is 0 Å². The first-order valence-corrected chi connectivity index (χ1v) is 7.72. The molecule has 2 aromatic heterocycles. The molecule has 1 amide bonds. The molecule has 22 heavy (non-hydrogen) atoms. The van der Waals surface area contributed by atoms with Crippen molar-refractivity contribution in [3.05, 3.63) is 48.4 Å². The van der Waals surface area contributed by atoms with Gasteiger partial charge in [0.2, 0.25) is 0 Å². The molecular formula is C17H20N4O. The van der Waals surface area contributed by atoms with E-state index in [2.05, 4.69) is 14.9 Å². The van der Waals surface area contributed by atoms with Crippen molar-refractivity contribution in [1.82, 2.24) is 9.97 Å². The zero-order valence-corrected chi connectivity index (χ0v) is 12.8. The van der Waals surface area contributed by atoms with Gasteiger partial charge in [-0.25, -0.2) is 4.98 Å². The van der Waals surface area contributed by atoms with Crippen LogP contribution in [0.4, 0.5) is 11.5 Å². The van der Waals surface area contributed by atoms with Gasteiger partial charge >= 0.3 is 0 Å². The lowest BCUT2D eigenvalue weighted by molar-refractivity contribution is 0.0988. The van der Waals surface area contributed by atoms with Crippen LogP contribution in [-0.2, 0) is 0 Å². The second kappa shape index (κ2) is 6.56. The zero-order valence-electron chi connectivity index (χ0n) is 12.8. The van der Waals surface area contributed by atoms with Crippen molar-refractivity contribution in [3.63, 3.8) is 0 Å². The lowest BCUT2D eigenvalue weighted by Gasteiger charge is -2.21. The number of rotatable bonds is 4. The van der Waals surface area contributed by atoms with E-state index in [1.54, 1.807) is 23.5 Å². The smallest absolute Gasteiger partial charge is 0.259 e. The molecule has 0 atom stereocenters. The van der Waals surface area contributed by atoms with Gasteiger partial charge in [-0.05, 0) is 44.0 Å². The van der Waals surface area contributed by atoms with Crippen molar-refractivity contribution < 1.29 is 4.79 Å². The third-order valence-electron chi connectivity index (χ3n) is 3.94. The molecule has 3 rings (SSSR count). The number of pyridine rings is 2.